The van der Waals surface area contributed by atoms with Gasteiger partial charge in [-0.15, -0.1) is 0 Å². The number of methoxy groups -OCH3 is 1. The fourth-order valence-electron chi connectivity index (χ4n) is 2.97. The van der Waals surface area contributed by atoms with Gasteiger partial charge in [-0.1, -0.05) is 0 Å². The van der Waals surface area contributed by atoms with E-state index in [-0.39, 0.29) is 24.1 Å². The Morgan fingerprint density at radius 1 is 1.30 bits per heavy atom. The zero-order chi connectivity index (χ0) is 19.4. The molecule has 0 radical (unpaired) electrons. The van der Waals surface area contributed by atoms with Crippen molar-refractivity contribution in [2.45, 2.75) is 19.0 Å². The van der Waals surface area contributed by atoms with E-state index in [0.29, 0.717) is 25.3 Å². The topological polar surface area (TPSA) is 80.2 Å². The van der Waals surface area contributed by atoms with Crippen LogP contribution in [0.15, 0.2) is 30.7 Å². The van der Waals surface area contributed by atoms with Gasteiger partial charge in [0.1, 0.15) is 5.82 Å². The number of amides is 1. The van der Waals surface area contributed by atoms with Crippen molar-refractivity contribution < 1.29 is 22.7 Å². The lowest BCUT2D eigenvalue weighted by Gasteiger charge is -2.34. The number of hydrogen-bond acceptors (Lipinski definition) is 6. The summed E-state index contributed by atoms with van der Waals surface area (Å²) in [6.45, 7) is 0.557. The second-order valence-electron chi connectivity index (χ2n) is 6.09. The SMILES string of the molecule is COc1cnc(NC(=O)C2CCCN(c3ncccc3C(F)(F)F)C2)cn1. The summed E-state index contributed by atoms with van der Waals surface area (Å²) >= 11 is 0. The van der Waals surface area contributed by atoms with Gasteiger partial charge >= 0.3 is 6.18 Å². The van der Waals surface area contributed by atoms with Crippen LogP contribution < -0.4 is 15.0 Å². The summed E-state index contributed by atoms with van der Waals surface area (Å²) in [7, 11) is 1.45. The monoisotopic (exact) mass is 381 g/mol. The number of carbonyl (C=O) groups is 1. The minimum absolute atomic E-state index is 0.147. The Balaban J connectivity index is 1.71. The number of ether oxygens (including phenoxy) is 1. The van der Waals surface area contributed by atoms with Crippen LogP contribution in [-0.2, 0) is 11.0 Å². The Morgan fingerprint density at radius 3 is 2.78 bits per heavy atom. The zero-order valence-electron chi connectivity index (χ0n) is 14.5. The number of carbonyl (C=O) groups excluding carboxylic acids is 1. The summed E-state index contributed by atoms with van der Waals surface area (Å²) in [6.07, 6.45) is 0.698. The average Bonchev–Trinajstić information content (AvgIpc) is 2.68. The van der Waals surface area contributed by atoms with Crippen molar-refractivity contribution in [1.82, 2.24) is 15.0 Å². The highest BCUT2D eigenvalue weighted by Gasteiger charge is 2.37. The first-order valence-corrected chi connectivity index (χ1v) is 8.32. The first kappa shape index (κ1) is 18.9. The molecule has 1 N–H and O–H groups in total. The molecule has 0 saturated carbocycles. The van der Waals surface area contributed by atoms with Crippen molar-refractivity contribution in [2.75, 3.05) is 30.4 Å². The Labute approximate surface area is 153 Å². The van der Waals surface area contributed by atoms with Gasteiger partial charge in [0.15, 0.2) is 5.82 Å². The molecule has 0 spiro atoms. The Kier molecular flexibility index (Phi) is 5.43. The number of anilines is 2. The molecule has 1 atom stereocenters. The predicted octanol–water partition coefficient (Wildman–Crippen LogP) is 2.75. The zero-order valence-corrected chi connectivity index (χ0v) is 14.5. The van der Waals surface area contributed by atoms with Crippen LogP contribution >= 0.6 is 0 Å². The fraction of sp³-hybridized carbons (Fsp3) is 0.412. The molecule has 1 aliphatic heterocycles. The van der Waals surface area contributed by atoms with Gasteiger partial charge in [-0.25, -0.2) is 15.0 Å². The molecule has 10 heteroatoms. The first-order valence-electron chi connectivity index (χ1n) is 8.32. The summed E-state index contributed by atoms with van der Waals surface area (Å²) < 4.78 is 44.6. The minimum atomic E-state index is -4.50. The molecule has 0 bridgehead atoms. The third-order valence-electron chi connectivity index (χ3n) is 4.27. The largest absolute Gasteiger partial charge is 0.480 e. The van der Waals surface area contributed by atoms with E-state index in [9.17, 15) is 18.0 Å². The summed E-state index contributed by atoms with van der Waals surface area (Å²) in [5, 5.41) is 2.64. The second-order valence-corrected chi connectivity index (χ2v) is 6.09. The van der Waals surface area contributed by atoms with Crippen LogP contribution in [0, 0.1) is 5.92 Å². The molecule has 2 aromatic heterocycles. The van der Waals surface area contributed by atoms with Crippen LogP contribution in [0.2, 0.25) is 0 Å². The van der Waals surface area contributed by atoms with Crippen molar-refractivity contribution in [3.8, 4) is 5.88 Å². The normalized spacial score (nSPS) is 17.5. The first-order chi connectivity index (χ1) is 12.9. The number of aromatic nitrogens is 3. The lowest BCUT2D eigenvalue weighted by molar-refractivity contribution is -0.137. The number of nitrogens with zero attached hydrogens (tertiary/aromatic N) is 4. The molecular weight excluding hydrogens is 363 g/mol. The molecule has 7 nitrogen and oxygen atoms in total. The molecule has 1 aliphatic rings. The lowest BCUT2D eigenvalue weighted by Crippen LogP contribution is -2.42. The van der Waals surface area contributed by atoms with Crippen molar-refractivity contribution in [3.05, 3.63) is 36.3 Å². The standard InChI is InChI=1S/C17H18F3N5O2/c1-27-14-9-22-13(8-23-14)24-16(26)11-4-3-7-25(10-11)15-12(17(18,19)20)5-2-6-21-15/h2,5-6,8-9,11H,3-4,7,10H2,1H3,(H,22,24,26). The number of pyridine rings is 1. The van der Waals surface area contributed by atoms with Crippen molar-refractivity contribution in [3.63, 3.8) is 0 Å². The van der Waals surface area contributed by atoms with Crippen LogP contribution in [0.25, 0.3) is 0 Å². The minimum Gasteiger partial charge on any atom is -0.480 e. The van der Waals surface area contributed by atoms with Gasteiger partial charge in [-0.3, -0.25) is 4.79 Å². The van der Waals surface area contributed by atoms with Crippen molar-refractivity contribution >= 4 is 17.5 Å². The Hall–Kier alpha value is -2.91. The smallest absolute Gasteiger partial charge is 0.419 e. The molecule has 3 heterocycles. The highest BCUT2D eigenvalue weighted by atomic mass is 19.4. The molecule has 144 valence electrons. The predicted molar refractivity (Wildman–Crippen MR) is 91.4 cm³/mol. The Bertz CT molecular complexity index is 798. The molecule has 1 amide bonds. The number of nitrogens with one attached hydrogen (secondary N) is 1. The summed E-state index contributed by atoms with van der Waals surface area (Å²) in [5.74, 6) is -0.375. The maximum atomic E-state index is 13.2. The van der Waals surface area contributed by atoms with Crippen LogP contribution in [0.1, 0.15) is 18.4 Å². The maximum Gasteiger partial charge on any atom is 0.419 e. The summed E-state index contributed by atoms with van der Waals surface area (Å²) in [4.78, 5) is 25.9. The molecule has 0 aliphatic carbocycles. The van der Waals surface area contributed by atoms with Crippen molar-refractivity contribution in [1.29, 1.82) is 0 Å². The van der Waals surface area contributed by atoms with Crippen LogP contribution in [0.5, 0.6) is 5.88 Å². The lowest BCUT2D eigenvalue weighted by atomic mass is 9.96. The highest BCUT2D eigenvalue weighted by molar-refractivity contribution is 5.92. The number of rotatable bonds is 4. The van der Waals surface area contributed by atoms with E-state index in [4.69, 9.17) is 4.74 Å². The molecule has 1 saturated heterocycles. The van der Waals surface area contributed by atoms with Gasteiger partial charge < -0.3 is 15.0 Å². The van der Waals surface area contributed by atoms with E-state index < -0.39 is 17.7 Å². The Morgan fingerprint density at radius 2 is 2.11 bits per heavy atom. The number of piperidine rings is 1. The maximum absolute atomic E-state index is 13.2. The van der Waals surface area contributed by atoms with Gasteiger partial charge in [0, 0.05) is 19.3 Å². The van der Waals surface area contributed by atoms with Crippen LogP contribution in [0.3, 0.4) is 0 Å². The number of alkyl halides is 3. The van der Waals surface area contributed by atoms with E-state index in [1.165, 1.54) is 36.7 Å². The molecule has 27 heavy (non-hydrogen) atoms. The summed E-state index contributed by atoms with van der Waals surface area (Å²) in [6, 6.07) is 2.25. The quantitative estimate of drug-likeness (QED) is 0.877. The third-order valence-corrected chi connectivity index (χ3v) is 4.27. The molecule has 0 aromatic carbocycles. The molecule has 1 fully saturated rings. The molecule has 2 aromatic rings. The van der Waals surface area contributed by atoms with Crippen molar-refractivity contribution in [2.24, 2.45) is 5.92 Å². The van der Waals surface area contributed by atoms with E-state index in [1.54, 1.807) is 0 Å². The van der Waals surface area contributed by atoms with E-state index in [2.05, 4.69) is 20.3 Å². The van der Waals surface area contributed by atoms with Gasteiger partial charge in [0.25, 0.3) is 0 Å². The fourth-order valence-corrected chi connectivity index (χ4v) is 2.97. The van der Waals surface area contributed by atoms with E-state index >= 15 is 0 Å². The molecular formula is C17H18F3N5O2. The van der Waals surface area contributed by atoms with Gasteiger partial charge in [0.2, 0.25) is 11.8 Å². The average molecular weight is 381 g/mol. The summed E-state index contributed by atoms with van der Waals surface area (Å²) in [5.41, 5.74) is -0.799. The number of halogens is 3. The van der Waals surface area contributed by atoms with Gasteiger partial charge in [-0.05, 0) is 25.0 Å². The van der Waals surface area contributed by atoms with Crippen LogP contribution in [0.4, 0.5) is 24.8 Å². The third kappa shape index (κ3) is 4.44. The van der Waals surface area contributed by atoms with E-state index in [1.807, 2.05) is 0 Å². The van der Waals surface area contributed by atoms with Crippen LogP contribution in [-0.4, -0.2) is 41.1 Å². The van der Waals surface area contributed by atoms with E-state index in [0.717, 1.165) is 6.07 Å². The molecule has 3 rings (SSSR count). The highest BCUT2D eigenvalue weighted by Crippen LogP contribution is 2.36. The van der Waals surface area contributed by atoms with Gasteiger partial charge in [-0.2, -0.15) is 13.2 Å². The molecule has 1 unspecified atom stereocenters. The second kappa shape index (κ2) is 7.77. The number of hydrogen-bond donors (Lipinski definition) is 1. The van der Waals surface area contributed by atoms with Gasteiger partial charge in [0.05, 0.1) is 31.0 Å².